The quantitative estimate of drug-likeness (QED) is 0.0222. The van der Waals surface area contributed by atoms with Crippen LogP contribution >= 0.6 is 15.6 Å². The topological polar surface area (TPSA) is 237 Å². The first-order valence-electron chi connectivity index (χ1n) is 41.0. The number of ether oxygens (including phenoxy) is 4. The third-order valence-corrected chi connectivity index (χ3v) is 20.7. The molecule has 582 valence electrons. The van der Waals surface area contributed by atoms with Crippen molar-refractivity contribution in [1.29, 1.82) is 0 Å². The van der Waals surface area contributed by atoms with Gasteiger partial charge < -0.3 is 33.8 Å². The van der Waals surface area contributed by atoms with Gasteiger partial charge in [-0.25, -0.2) is 9.13 Å². The van der Waals surface area contributed by atoms with Crippen molar-refractivity contribution in [3.8, 4) is 0 Å². The second-order valence-electron chi connectivity index (χ2n) is 29.2. The minimum absolute atomic E-state index is 0.105. The van der Waals surface area contributed by atoms with Crippen molar-refractivity contribution in [1.82, 2.24) is 0 Å². The molecule has 0 rings (SSSR count). The summed E-state index contributed by atoms with van der Waals surface area (Å²) in [6, 6.07) is 0. The van der Waals surface area contributed by atoms with Crippen LogP contribution in [0.25, 0.3) is 0 Å². The van der Waals surface area contributed by atoms with Crippen LogP contribution < -0.4 is 0 Å². The van der Waals surface area contributed by atoms with E-state index in [0.717, 1.165) is 108 Å². The maximum absolute atomic E-state index is 13.1. The van der Waals surface area contributed by atoms with Crippen molar-refractivity contribution in [2.45, 2.75) is 432 Å². The second kappa shape index (κ2) is 70.7. The van der Waals surface area contributed by atoms with Crippen LogP contribution in [-0.2, 0) is 65.4 Å². The summed E-state index contributed by atoms with van der Waals surface area (Å²) in [6.07, 6.45) is 59.9. The van der Waals surface area contributed by atoms with Gasteiger partial charge in [-0.05, 0) is 37.5 Å². The van der Waals surface area contributed by atoms with Crippen LogP contribution in [0.15, 0.2) is 0 Å². The van der Waals surface area contributed by atoms with Gasteiger partial charge in [0, 0.05) is 25.7 Å². The number of aliphatic hydroxyl groups is 1. The molecule has 0 amide bonds. The van der Waals surface area contributed by atoms with Crippen molar-refractivity contribution in [2.75, 3.05) is 39.6 Å². The highest BCUT2D eigenvalue weighted by molar-refractivity contribution is 7.47. The Morgan fingerprint density at radius 2 is 0.520 bits per heavy atom. The van der Waals surface area contributed by atoms with Crippen LogP contribution in [0.1, 0.15) is 414 Å². The molecule has 0 fully saturated rings. The highest BCUT2D eigenvalue weighted by Crippen LogP contribution is 2.45. The lowest BCUT2D eigenvalue weighted by molar-refractivity contribution is -0.161. The van der Waals surface area contributed by atoms with E-state index in [2.05, 4.69) is 41.5 Å². The third kappa shape index (κ3) is 71.1. The number of carbonyl (C=O) groups excluding carboxylic acids is 4. The molecule has 6 atom stereocenters. The summed E-state index contributed by atoms with van der Waals surface area (Å²) in [6.45, 7) is 9.61. The predicted octanol–water partition coefficient (Wildman–Crippen LogP) is 23.5. The maximum Gasteiger partial charge on any atom is 0.472 e. The number of hydrogen-bond acceptors (Lipinski definition) is 15. The smallest absolute Gasteiger partial charge is 0.462 e. The summed E-state index contributed by atoms with van der Waals surface area (Å²) in [5.41, 5.74) is 0. The Balaban J connectivity index is 5.17. The average molecular weight is 1440 g/mol. The lowest BCUT2D eigenvalue weighted by atomic mass is 9.99. The number of unbranched alkanes of at least 4 members (excludes halogenated alkanes) is 47. The fourth-order valence-corrected chi connectivity index (χ4v) is 13.7. The molecule has 0 aliphatic heterocycles. The zero-order chi connectivity index (χ0) is 72.1. The summed E-state index contributed by atoms with van der Waals surface area (Å²) in [4.78, 5) is 72.8. The zero-order valence-corrected chi connectivity index (χ0v) is 65.9. The molecular weight excluding hydrogens is 1280 g/mol. The van der Waals surface area contributed by atoms with Crippen LogP contribution in [0.3, 0.4) is 0 Å². The predicted molar refractivity (Wildman–Crippen MR) is 400 cm³/mol. The van der Waals surface area contributed by atoms with E-state index in [1.807, 2.05) is 0 Å². The molecule has 0 aromatic carbocycles. The highest BCUT2D eigenvalue weighted by atomic mass is 31.2. The molecule has 0 heterocycles. The molecule has 3 unspecified atom stereocenters. The van der Waals surface area contributed by atoms with Gasteiger partial charge in [-0.2, -0.15) is 0 Å². The van der Waals surface area contributed by atoms with Crippen molar-refractivity contribution >= 4 is 39.5 Å². The van der Waals surface area contributed by atoms with Crippen LogP contribution in [-0.4, -0.2) is 96.7 Å². The molecule has 0 saturated heterocycles. The summed E-state index contributed by atoms with van der Waals surface area (Å²) in [5, 5.41) is 10.6. The van der Waals surface area contributed by atoms with E-state index in [4.69, 9.17) is 37.0 Å². The Bertz CT molecular complexity index is 1890. The first-order valence-corrected chi connectivity index (χ1v) is 44.0. The molecule has 98 heavy (non-hydrogen) atoms. The number of carbonyl (C=O) groups is 4. The monoisotopic (exact) mass is 1440 g/mol. The van der Waals surface area contributed by atoms with Crippen molar-refractivity contribution < 1.29 is 80.2 Å². The molecule has 0 spiro atoms. The SMILES string of the molecule is CCCCCCCCCCCCCCCCCCCC(=O)OC[C@H](COP(=O)(O)OC[C@@H](O)COP(=O)(O)OC[C@@H](COC(=O)CCCCCCCCCC)OC(=O)CCCCCCCCCCC(C)C)OC(=O)CCCCCCCCCCCCCCCCCCCCC(C)CC. The second-order valence-corrected chi connectivity index (χ2v) is 32.1. The van der Waals surface area contributed by atoms with E-state index in [-0.39, 0.29) is 25.7 Å². The summed E-state index contributed by atoms with van der Waals surface area (Å²) in [5.74, 6) is -0.527. The van der Waals surface area contributed by atoms with Gasteiger partial charge >= 0.3 is 39.5 Å². The minimum atomic E-state index is -4.96. The summed E-state index contributed by atoms with van der Waals surface area (Å²) >= 11 is 0. The lowest BCUT2D eigenvalue weighted by Gasteiger charge is -2.21. The Kier molecular flexibility index (Phi) is 69.3. The van der Waals surface area contributed by atoms with Gasteiger partial charge in [-0.1, -0.05) is 363 Å². The molecular formula is C79H154O17P2. The van der Waals surface area contributed by atoms with E-state index in [0.29, 0.717) is 25.7 Å². The van der Waals surface area contributed by atoms with E-state index in [1.54, 1.807) is 0 Å². The molecule has 3 N–H and O–H groups in total. The van der Waals surface area contributed by atoms with E-state index >= 15 is 0 Å². The van der Waals surface area contributed by atoms with Crippen LogP contribution in [0.5, 0.6) is 0 Å². The Hall–Kier alpha value is -1.94. The van der Waals surface area contributed by atoms with E-state index in [9.17, 15) is 43.2 Å². The zero-order valence-electron chi connectivity index (χ0n) is 64.1. The normalized spacial score (nSPS) is 14.2. The largest absolute Gasteiger partial charge is 0.472 e. The molecule has 0 aliphatic rings. The molecule has 0 bridgehead atoms. The molecule has 0 saturated carbocycles. The Morgan fingerprint density at radius 1 is 0.296 bits per heavy atom. The van der Waals surface area contributed by atoms with Gasteiger partial charge in [-0.3, -0.25) is 37.3 Å². The lowest BCUT2D eigenvalue weighted by Crippen LogP contribution is -2.30. The third-order valence-electron chi connectivity index (χ3n) is 18.8. The number of esters is 4. The number of phosphoric ester groups is 2. The van der Waals surface area contributed by atoms with E-state index < -0.39 is 97.5 Å². The standard InChI is InChI=1S/C79H154O17P2/c1-7-10-12-14-16-18-19-20-21-24-28-31-34-37-44-50-56-62-77(82)90-68-75(95-78(83)63-57-51-45-38-35-32-29-26-23-22-25-27-30-33-36-42-48-54-60-72(6)9-3)70-94-98(87,88)92-66-73(80)65-91-97(85,86)93-69-74(67-89-76(81)61-55-49-43-17-15-13-11-8-2)96-79(84)64-58-52-46-40-39-41-47-53-59-71(4)5/h71-75,80H,7-70H2,1-6H3,(H,85,86)(H,87,88)/t72?,73-,74+,75+/m0/s1. The van der Waals surface area contributed by atoms with Crippen molar-refractivity contribution in [2.24, 2.45) is 11.8 Å². The number of aliphatic hydroxyl groups excluding tert-OH is 1. The van der Waals surface area contributed by atoms with Crippen LogP contribution in [0.2, 0.25) is 0 Å². The molecule has 0 aromatic rings. The van der Waals surface area contributed by atoms with Gasteiger partial charge in [0.2, 0.25) is 0 Å². The number of rotatable bonds is 78. The molecule has 0 radical (unpaired) electrons. The number of phosphoric acid groups is 2. The number of hydrogen-bond donors (Lipinski definition) is 3. The van der Waals surface area contributed by atoms with Crippen molar-refractivity contribution in [3.63, 3.8) is 0 Å². The molecule has 19 heteroatoms. The average Bonchev–Trinajstić information content (AvgIpc) is 1.01. The first kappa shape index (κ1) is 96.1. The fourth-order valence-electron chi connectivity index (χ4n) is 12.2. The first-order chi connectivity index (χ1) is 47.4. The van der Waals surface area contributed by atoms with Crippen LogP contribution in [0, 0.1) is 11.8 Å². The van der Waals surface area contributed by atoms with Gasteiger partial charge in [0.15, 0.2) is 12.2 Å². The van der Waals surface area contributed by atoms with Gasteiger partial charge in [-0.15, -0.1) is 0 Å². The van der Waals surface area contributed by atoms with Gasteiger partial charge in [0.25, 0.3) is 0 Å². The highest BCUT2D eigenvalue weighted by Gasteiger charge is 2.30. The minimum Gasteiger partial charge on any atom is -0.462 e. The molecule has 0 aromatic heterocycles. The molecule has 17 nitrogen and oxygen atoms in total. The maximum atomic E-state index is 13.1. The van der Waals surface area contributed by atoms with Gasteiger partial charge in [0.1, 0.15) is 19.3 Å². The fraction of sp³-hybridized carbons (Fsp3) is 0.949. The van der Waals surface area contributed by atoms with Gasteiger partial charge in [0.05, 0.1) is 26.4 Å². The molecule has 0 aliphatic carbocycles. The van der Waals surface area contributed by atoms with E-state index in [1.165, 1.54) is 225 Å². The Labute approximate surface area is 600 Å². The summed E-state index contributed by atoms with van der Waals surface area (Å²) in [7, 11) is -9.91. The summed E-state index contributed by atoms with van der Waals surface area (Å²) < 4.78 is 68.5. The Morgan fingerprint density at radius 3 is 0.776 bits per heavy atom. The van der Waals surface area contributed by atoms with Crippen LogP contribution in [0.4, 0.5) is 0 Å². The van der Waals surface area contributed by atoms with Crippen molar-refractivity contribution in [3.05, 3.63) is 0 Å².